The molecule has 2 aromatic heterocycles. The summed E-state index contributed by atoms with van der Waals surface area (Å²) in [6, 6.07) is 15.4. The number of fused-ring (bicyclic) bond motifs is 5. The quantitative estimate of drug-likeness (QED) is 0.257. The third-order valence-corrected chi connectivity index (χ3v) is 12.5. The van der Waals surface area contributed by atoms with E-state index in [0.717, 1.165) is 12.8 Å². The maximum atomic E-state index is 14.4. The molecule has 300 valence electrons. The molecule has 0 aliphatic carbocycles. The minimum Gasteiger partial charge on any atom is -0.493 e. The van der Waals surface area contributed by atoms with Crippen LogP contribution in [-0.4, -0.2) is 99.6 Å². The number of nitrogens with zero attached hydrogens (tertiary/aromatic N) is 5. The third kappa shape index (κ3) is 9.56. The SMILES string of the molecule is COc1cc2nc3c(cc2c(OC)c1OC)CN(S(=O)(=O)Cc1ccccc1Cl)CCCCN(C(=O)CCn1ccccc1=O)CC(=O)NCC1CCCN3C1. The van der Waals surface area contributed by atoms with Crippen LogP contribution in [0.25, 0.3) is 10.9 Å². The summed E-state index contributed by atoms with van der Waals surface area (Å²) in [5.74, 6) is 1.11. The number of amides is 2. The van der Waals surface area contributed by atoms with Gasteiger partial charge >= 0.3 is 0 Å². The van der Waals surface area contributed by atoms with Crippen molar-refractivity contribution in [3.63, 3.8) is 0 Å². The molecule has 0 saturated carbocycles. The van der Waals surface area contributed by atoms with Gasteiger partial charge in [0, 0.05) is 86.5 Å². The van der Waals surface area contributed by atoms with E-state index in [-0.39, 0.29) is 68.2 Å². The van der Waals surface area contributed by atoms with Gasteiger partial charge in [-0.15, -0.1) is 0 Å². The van der Waals surface area contributed by atoms with Gasteiger partial charge in [-0.2, -0.15) is 4.31 Å². The first-order chi connectivity index (χ1) is 27.0. The average molecular weight is 809 g/mol. The first kappa shape index (κ1) is 40.8. The lowest BCUT2D eigenvalue weighted by molar-refractivity contribution is -0.136. The molecule has 2 aliphatic heterocycles. The van der Waals surface area contributed by atoms with Crippen molar-refractivity contribution in [2.75, 3.05) is 65.5 Å². The maximum absolute atomic E-state index is 14.4. The fourth-order valence-corrected chi connectivity index (χ4v) is 9.29. The Morgan fingerprint density at radius 1 is 0.929 bits per heavy atom. The van der Waals surface area contributed by atoms with Crippen LogP contribution in [0, 0.1) is 5.92 Å². The lowest BCUT2D eigenvalue weighted by Crippen LogP contribution is -2.46. The van der Waals surface area contributed by atoms with Gasteiger partial charge in [-0.1, -0.05) is 35.9 Å². The number of benzene rings is 2. The van der Waals surface area contributed by atoms with Crippen LogP contribution in [0.15, 0.2) is 65.6 Å². The van der Waals surface area contributed by atoms with Gasteiger partial charge in [0.25, 0.3) is 5.56 Å². The third-order valence-electron chi connectivity index (χ3n) is 10.4. The van der Waals surface area contributed by atoms with Crippen LogP contribution >= 0.6 is 11.6 Å². The zero-order chi connectivity index (χ0) is 39.8. The number of aromatic nitrogens is 2. The van der Waals surface area contributed by atoms with E-state index in [2.05, 4.69) is 10.2 Å². The second-order valence-electron chi connectivity index (χ2n) is 14.1. The number of hydrogen-bond acceptors (Lipinski definition) is 10. The van der Waals surface area contributed by atoms with E-state index >= 15 is 0 Å². The second kappa shape index (κ2) is 18.4. The Morgan fingerprint density at radius 2 is 1.70 bits per heavy atom. The predicted molar refractivity (Wildman–Crippen MR) is 215 cm³/mol. The lowest BCUT2D eigenvalue weighted by atomic mass is 9.97. The van der Waals surface area contributed by atoms with E-state index in [0.29, 0.717) is 82.6 Å². The highest BCUT2D eigenvalue weighted by molar-refractivity contribution is 7.88. The van der Waals surface area contributed by atoms with Crippen molar-refractivity contribution in [2.45, 2.75) is 50.9 Å². The van der Waals surface area contributed by atoms with Crippen molar-refractivity contribution in [3.8, 4) is 17.2 Å². The number of methoxy groups -OCH3 is 3. The predicted octanol–water partition coefficient (Wildman–Crippen LogP) is 4.45. The number of nitrogens with one attached hydrogen (secondary N) is 1. The molecule has 2 aliphatic rings. The Kier molecular flexibility index (Phi) is 13.4. The molecule has 0 spiro atoms. The van der Waals surface area contributed by atoms with Gasteiger partial charge in [0.2, 0.25) is 27.6 Å². The molecule has 16 heteroatoms. The smallest absolute Gasteiger partial charge is 0.250 e. The van der Waals surface area contributed by atoms with Crippen LogP contribution in [0.1, 0.15) is 43.2 Å². The van der Waals surface area contributed by atoms with Crippen LogP contribution in [-0.2, 0) is 38.5 Å². The van der Waals surface area contributed by atoms with Gasteiger partial charge in [0.1, 0.15) is 5.82 Å². The van der Waals surface area contributed by atoms with E-state index < -0.39 is 10.0 Å². The van der Waals surface area contributed by atoms with Crippen molar-refractivity contribution in [3.05, 3.63) is 87.3 Å². The van der Waals surface area contributed by atoms with E-state index in [1.54, 1.807) is 55.8 Å². The number of hydrogen-bond donors (Lipinski definition) is 1. The van der Waals surface area contributed by atoms with Gasteiger partial charge in [-0.3, -0.25) is 14.4 Å². The molecular formula is C40H49ClN6O8S. The van der Waals surface area contributed by atoms with Gasteiger partial charge in [-0.25, -0.2) is 13.4 Å². The summed E-state index contributed by atoms with van der Waals surface area (Å²) in [6.07, 6.45) is 4.16. The van der Waals surface area contributed by atoms with Gasteiger partial charge in [-0.05, 0) is 55.4 Å². The number of aryl methyl sites for hydroxylation is 1. The summed E-state index contributed by atoms with van der Waals surface area (Å²) in [7, 11) is 0.639. The molecule has 0 radical (unpaired) electrons. The number of halogens is 1. The number of anilines is 1. The summed E-state index contributed by atoms with van der Waals surface area (Å²) in [5.41, 5.74) is 1.54. The monoisotopic (exact) mass is 808 g/mol. The molecule has 2 bridgehead atoms. The highest BCUT2D eigenvalue weighted by Gasteiger charge is 2.30. The Labute approximate surface area is 332 Å². The highest BCUT2D eigenvalue weighted by atomic mass is 35.5. The van der Waals surface area contributed by atoms with E-state index in [4.69, 9.17) is 30.8 Å². The zero-order valence-electron chi connectivity index (χ0n) is 32.0. The minimum absolute atomic E-state index is 0.00886. The molecule has 4 heterocycles. The summed E-state index contributed by atoms with van der Waals surface area (Å²) in [5, 5.41) is 4.05. The average Bonchev–Trinajstić information content (AvgIpc) is 3.19. The number of sulfonamides is 1. The van der Waals surface area contributed by atoms with Crippen LogP contribution in [0.4, 0.5) is 5.82 Å². The molecule has 1 fully saturated rings. The molecule has 6 rings (SSSR count). The molecule has 1 saturated heterocycles. The first-order valence-corrected chi connectivity index (χ1v) is 20.8. The van der Waals surface area contributed by atoms with Crippen molar-refractivity contribution in [1.29, 1.82) is 0 Å². The van der Waals surface area contributed by atoms with E-state index in [1.807, 2.05) is 6.07 Å². The number of piperidine rings is 1. The molecule has 14 nitrogen and oxygen atoms in total. The summed E-state index contributed by atoms with van der Waals surface area (Å²) in [4.78, 5) is 48.0. The van der Waals surface area contributed by atoms with Crippen LogP contribution in [0.2, 0.25) is 5.02 Å². The highest BCUT2D eigenvalue weighted by Crippen LogP contribution is 2.44. The maximum Gasteiger partial charge on any atom is 0.250 e. The summed E-state index contributed by atoms with van der Waals surface area (Å²) in [6.45, 7) is 2.05. The molecule has 1 N–H and O–H groups in total. The molecule has 2 amide bonds. The van der Waals surface area contributed by atoms with E-state index in [9.17, 15) is 22.8 Å². The summed E-state index contributed by atoms with van der Waals surface area (Å²) >= 11 is 6.47. The normalized spacial score (nSPS) is 17.6. The number of pyridine rings is 2. The number of rotatable bonds is 9. The Hall–Kier alpha value is -4.86. The van der Waals surface area contributed by atoms with E-state index in [1.165, 1.54) is 34.1 Å². The molecule has 4 aromatic rings. The van der Waals surface area contributed by atoms with Gasteiger partial charge in [0.05, 0.1) is 39.1 Å². The molecule has 56 heavy (non-hydrogen) atoms. The van der Waals surface area contributed by atoms with Gasteiger partial charge in [0.15, 0.2) is 11.5 Å². The van der Waals surface area contributed by atoms with Gasteiger partial charge < -0.3 is 33.9 Å². The van der Waals surface area contributed by atoms with Crippen molar-refractivity contribution < 1.29 is 32.2 Å². The van der Waals surface area contributed by atoms with Crippen molar-refractivity contribution >= 4 is 50.2 Å². The van der Waals surface area contributed by atoms with Crippen molar-refractivity contribution in [2.24, 2.45) is 5.92 Å². The standard InChI is InChI=1S/C40H49ClN6O8S/c1-53-34-22-33-31(38(54-2)39(34)55-3)21-30-25-47(56(51,52)27-29-12-4-5-13-32(29)41)19-9-8-17-45(37(50)15-20-44-16-7-6-14-36(44)49)26-35(48)42-23-28-11-10-18-46(24-28)40(30)43-33/h4-7,12-14,16,21-22,28H,8-11,15,17-20,23-27H2,1-3H3,(H,42,48). The molecule has 2 aromatic carbocycles. The van der Waals surface area contributed by atoms with Crippen molar-refractivity contribution in [1.82, 2.24) is 24.1 Å². The first-order valence-electron chi connectivity index (χ1n) is 18.8. The topological polar surface area (TPSA) is 153 Å². The fourth-order valence-electron chi connectivity index (χ4n) is 7.44. The zero-order valence-corrected chi connectivity index (χ0v) is 33.6. The Morgan fingerprint density at radius 3 is 2.45 bits per heavy atom. The second-order valence-corrected chi connectivity index (χ2v) is 16.5. The largest absolute Gasteiger partial charge is 0.493 e. The Bertz CT molecular complexity index is 2220. The molecular weight excluding hydrogens is 760 g/mol. The number of carbonyl (C=O) groups excluding carboxylic acids is 2. The lowest BCUT2D eigenvalue weighted by Gasteiger charge is -2.36. The number of carbonyl (C=O) groups is 2. The van der Waals surface area contributed by atoms with Crippen LogP contribution in [0.3, 0.4) is 0 Å². The Balaban J connectivity index is 1.38. The fraction of sp³-hybridized carbons (Fsp3) is 0.450. The molecule has 1 unspecified atom stereocenters. The summed E-state index contributed by atoms with van der Waals surface area (Å²) < 4.78 is 48.9. The van der Waals surface area contributed by atoms with Crippen LogP contribution < -0.4 is 30.0 Å². The minimum atomic E-state index is -3.97. The molecule has 1 atom stereocenters. The van der Waals surface area contributed by atoms with Crippen LogP contribution in [0.5, 0.6) is 17.2 Å². The number of ether oxygens (including phenoxy) is 3.